The third-order valence-electron chi connectivity index (χ3n) is 5.67. The lowest BCUT2D eigenvalue weighted by Crippen LogP contribution is -2.45. The van der Waals surface area contributed by atoms with Crippen LogP contribution in [0.15, 0.2) is 66.7 Å². The summed E-state index contributed by atoms with van der Waals surface area (Å²) in [4.78, 5) is 40.5. The van der Waals surface area contributed by atoms with E-state index < -0.39 is 41.4 Å². The van der Waals surface area contributed by atoms with Crippen molar-refractivity contribution in [2.75, 3.05) is 20.8 Å². The number of nitrogens with one attached hydrogen (secondary N) is 1. The van der Waals surface area contributed by atoms with Crippen LogP contribution >= 0.6 is 0 Å². The first-order valence-electron chi connectivity index (χ1n) is 10.2. The van der Waals surface area contributed by atoms with Crippen LogP contribution < -0.4 is 14.8 Å². The van der Waals surface area contributed by atoms with Crippen LogP contribution in [0.4, 0.5) is 13.6 Å². The molecule has 34 heavy (non-hydrogen) atoms. The number of benzene rings is 3. The number of nitrogens with zero attached hydrogens (tertiary/aromatic N) is 1. The summed E-state index contributed by atoms with van der Waals surface area (Å²) in [5.41, 5.74) is -1.12. The molecule has 4 rings (SSSR count). The van der Waals surface area contributed by atoms with Crippen molar-refractivity contribution in [2.24, 2.45) is 0 Å². The van der Waals surface area contributed by atoms with E-state index in [1.54, 1.807) is 12.1 Å². The molecule has 1 N–H and O–H groups in total. The summed E-state index contributed by atoms with van der Waals surface area (Å²) in [6.07, 6.45) is 0. The van der Waals surface area contributed by atoms with Crippen molar-refractivity contribution < 1.29 is 32.6 Å². The molecule has 3 aromatic rings. The lowest BCUT2D eigenvalue weighted by atomic mass is 9.82. The molecular formula is C25H20F2N2O5. The molecule has 1 saturated heterocycles. The normalized spacial score (nSPS) is 14.6. The van der Waals surface area contributed by atoms with E-state index in [-0.39, 0.29) is 22.4 Å². The van der Waals surface area contributed by atoms with Gasteiger partial charge in [-0.1, -0.05) is 24.3 Å². The zero-order valence-corrected chi connectivity index (χ0v) is 18.3. The van der Waals surface area contributed by atoms with Gasteiger partial charge in [-0.25, -0.2) is 13.6 Å². The molecule has 0 spiro atoms. The topological polar surface area (TPSA) is 84.9 Å². The average Bonchev–Trinajstić information content (AvgIpc) is 3.10. The standard InChI is InChI=1S/C25H20F2N2O5/c1-33-19-11-12-22(34-2)20(13-19)21(30)14-29-23(31)25(28-24(29)32,15-3-7-17(26)8-4-15)16-5-9-18(27)10-6-16/h3-13H,14H2,1-2H3,(H,28,32). The molecule has 0 aromatic heterocycles. The summed E-state index contributed by atoms with van der Waals surface area (Å²) in [6, 6.07) is 13.8. The number of halogens is 2. The first-order chi connectivity index (χ1) is 16.3. The largest absolute Gasteiger partial charge is 0.497 e. The van der Waals surface area contributed by atoms with Crippen molar-refractivity contribution >= 4 is 17.7 Å². The van der Waals surface area contributed by atoms with Crippen LogP contribution in [0.3, 0.4) is 0 Å². The van der Waals surface area contributed by atoms with E-state index >= 15 is 0 Å². The third-order valence-corrected chi connectivity index (χ3v) is 5.67. The van der Waals surface area contributed by atoms with Gasteiger partial charge in [-0.15, -0.1) is 0 Å². The molecule has 3 amide bonds. The minimum Gasteiger partial charge on any atom is -0.497 e. The Hall–Kier alpha value is -4.27. The Balaban J connectivity index is 1.75. The molecule has 0 aliphatic carbocycles. The fourth-order valence-corrected chi connectivity index (χ4v) is 3.94. The zero-order chi connectivity index (χ0) is 24.5. The van der Waals surface area contributed by atoms with Gasteiger partial charge < -0.3 is 14.8 Å². The molecule has 0 bridgehead atoms. The summed E-state index contributed by atoms with van der Waals surface area (Å²) < 4.78 is 37.6. The van der Waals surface area contributed by atoms with Crippen LogP contribution in [0.2, 0.25) is 0 Å². The van der Waals surface area contributed by atoms with Gasteiger partial charge in [0.25, 0.3) is 5.91 Å². The summed E-state index contributed by atoms with van der Waals surface area (Å²) in [6.45, 7) is -0.585. The number of carbonyl (C=O) groups excluding carboxylic acids is 3. The highest BCUT2D eigenvalue weighted by Crippen LogP contribution is 2.36. The maximum Gasteiger partial charge on any atom is 0.325 e. The van der Waals surface area contributed by atoms with E-state index in [2.05, 4.69) is 5.32 Å². The summed E-state index contributed by atoms with van der Waals surface area (Å²) >= 11 is 0. The first-order valence-corrected chi connectivity index (χ1v) is 10.2. The van der Waals surface area contributed by atoms with Gasteiger partial charge in [0.15, 0.2) is 11.3 Å². The SMILES string of the molecule is COc1ccc(OC)c(C(=O)CN2C(=O)NC(c3ccc(F)cc3)(c3ccc(F)cc3)C2=O)c1. The van der Waals surface area contributed by atoms with Crippen molar-refractivity contribution in [3.63, 3.8) is 0 Å². The van der Waals surface area contributed by atoms with Crippen LogP contribution in [-0.4, -0.2) is 43.4 Å². The number of hydrogen-bond acceptors (Lipinski definition) is 5. The highest BCUT2D eigenvalue weighted by molar-refractivity contribution is 6.13. The van der Waals surface area contributed by atoms with Gasteiger partial charge in [-0.05, 0) is 53.6 Å². The summed E-state index contributed by atoms with van der Waals surface area (Å²) in [5.74, 6) is -1.74. The third kappa shape index (κ3) is 3.85. The van der Waals surface area contributed by atoms with Crippen molar-refractivity contribution in [3.05, 3.63) is 95.1 Å². The Kier molecular flexibility index (Phi) is 6.02. The number of ether oxygens (including phenoxy) is 2. The molecule has 1 aliphatic heterocycles. The second-order valence-corrected chi connectivity index (χ2v) is 7.57. The smallest absolute Gasteiger partial charge is 0.325 e. The van der Waals surface area contributed by atoms with Crippen LogP contribution in [0.1, 0.15) is 21.5 Å². The van der Waals surface area contributed by atoms with E-state index in [1.165, 1.54) is 44.6 Å². The molecule has 0 saturated carbocycles. The Morgan fingerprint density at radius 2 is 1.44 bits per heavy atom. The first kappa shape index (κ1) is 22.9. The number of carbonyl (C=O) groups is 3. The second-order valence-electron chi connectivity index (χ2n) is 7.57. The molecule has 7 nitrogen and oxygen atoms in total. The number of imide groups is 1. The Morgan fingerprint density at radius 1 is 0.882 bits per heavy atom. The quantitative estimate of drug-likeness (QED) is 0.424. The molecule has 1 fully saturated rings. The Morgan fingerprint density at radius 3 is 1.94 bits per heavy atom. The van der Waals surface area contributed by atoms with E-state index in [9.17, 15) is 23.2 Å². The summed E-state index contributed by atoms with van der Waals surface area (Å²) in [5, 5.41) is 2.63. The van der Waals surface area contributed by atoms with Crippen molar-refractivity contribution in [1.29, 1.82) is 0 Å². The number of methoxy groups -OCH3 is 2. The highest BCUT2D eigenvalue weighted by Gasteiger charge is 2.54. The lowest BCUT2D eigenvalue weighted by molar-refractivity contribution is -0.129. The molecular weight excluding hydrogens is 446 g/mol. The number of urea groups is 1. The summed E-state index contributed by atoms with van der Waals surface area (Å²) in [7, 11) is 2.83. The molecule has 9 heteroatoms. The van der Waals surface area contributed by atoms with Gasteiger partial charge in [0.2, 0.25) is 0 Å². The van der Waals surface area contributed by atoms with Gasteiger partial charge >= 0.3 is 6.03 Å². The van der Waals surface area contributed by atoms with Gasteiger partial charge in [0.1, 0.15) is 23.1 Å². The molecule has 1 aliphatic rings. The molecule has 0 radical (unpaired) electrons. The maximum atomic E-state index is 13.7. The molecule has 3 aromatic carbocycles. The number of ketones is 1. The maximum absolute atomic E-state index is 13.7. The Bertz CT molecular complexity index is 1210. The predicted octanol–water partition coefficient (Wildman–Crippen LogP) is 3.66. The van der Waals surface area contributed by atoms with Gasteiger partial charge in [0.05, 0.1) is 26.3 Å². The number of Topliss-reactive ketones (excluding diaryl/α,β-unsaturated/α-hetero) is 1. The minimum absolute atomic E-state index is 0.128. The number of rotatable bonds is 7. The van der Waals surface area contributed by atoms with E-state index in [0.717, 1.165) is 29.2 Å². The van der Waals surface area contributed by atoms with Crippen LogP contribution in [0, 0.1) is 11.6 Å². The fourth-order valence-electron chi connectivity index (χ4n) is 3.94. The van der Waals surface area contributed by atoms with Crippen LogP contribution in [0.25, 0.3) is 0 Å². The molecule has 0 atom stereocenters. The van der Waals surface area contributed by atoms with E-state index in [1.807, 2.05) is 0 Å². The predicted molar refractivity (Wildman–Crippen MR) is 118 cm³/mol. The fraction of sp³-hybridized carbons (Fsp3) is 0.160. The van der Waals surface area contributed by atoms with Gasteiger partial charge in [0, 0.05) is 0 Å². The molecule has 1 heterocycles. The van der Waals surface area contributed by atoms with Crippen LogP contribution in [-0.2, 0) is 10.3 Å². The van der Waals surface area contributed by atoms with Gasteiger partial charge in [-0.3, -0.25) is 14.5 Å². The second kappa shape index (κ2) is 8.93. The Labute approximate surface area is 193 Å². The lowest BCUT2D eigenvalue weighted by Gasteiger charge is -2.28. The zero-order valence-electron chi connectivity index (χ0n) is 18.3. The molecule has 174 valence electrons. The average molecular weight is 466 g/mol. The van der Waals surface area contributed by atoms with Crippen molar-refractivity contribution in [3.8, 4) is 11.5 Å². The number of amides is 3. The molecule has 0 unspecified atom stereocenters. The van der Waals surface area contributed by atoms with Crippen LogP contribution in [0.5, 0.6) is 11.5 Å². The van der Waals surface area contributed by atoms with Gasteiger partial charge in [-0.2, -0.15) is 0 Å². The van der Waals surface area contributed by atoms with Crippen molar-refractivity contribution in [2.45, 2.75) is 5.54 Å². The van der Waals surface area contributed by atoms with E-state index in [0.29, 0.717) is 5.75 Å². The highest BCUT2D eigenvalue weighted by atomic mass is 19.1. The minimum atomic E-state index is -1.77. The number of hydrogen-bond donors (Lipinski definition) is 1. The van der Waals surface area contributed by atoms with Crippen molar-refractivity contribution in [1.82, 2.24) is 10.2 Å². The van der Waals surface area contributed by atoms with E-state index in [4.69, 9.17) is 9.47 Å². The monoisotopic (exact) mass is 466 g/mol.